The molecule has 0 aromatic heterocycles. The average Bonchev–Trinajstić information content (AvgIpc) is 2.64. The summed E-state index contributed by atoms with van der Waals surface area (Å²) in [6, 6.07) is 19.3. The second-order valence-corrected chi connectivity index (χ2v) is 11.4. The zero-order valence-electron chi connectivity index (χ0n) is 14.5. The van der Waals surface area contributed by atoms with Crippen LogP contribution >= 0.6 is 11.8 Å². The van der Waals surface area contributed by atoms with Gasteiger partial charge in [-0.2, -0.15) is 8.42 Å². The molecule has 0 bridgehead atoms. The Bertz CT molecular complexity index is 1110. The molecule has 1 aliphatic rings. The van der Waals surface area contributed by atoms with Crippen molar-refractivity contribution >= 4 is 43.2 Å². The first-order valence-corrected chi connectivity index (χ1v) is 12.0. The lowest BCUT2D eigenvalue weighted by molar-refractivity contribution is 0.598. The fourth-order valence-electron chi connectivity index (χ4n) is 3.06. The molecular weight excluding hydrogens is 382 g/mol. The SMILES string of the molecule is CCC1Sc2cccc3cccc(c23)/S1=N/S(=O)(=O)c1ccc(C)cc1. The maximum atomic E-state index is 12.9. The molecule has 3 nitrogen and oxygen atoms in total. The summed E-state index contributed by atoms with van der Waals surface area (Å²) in [6.07, 6.45) is 0.866. The lowest BCUT2D eigenvalue weighted by Gasteiger charge is -2.26. The van der Waals surface area contributed by atoms with Gasteiger partial charge in [-0.1, -0.05) is 48.9 Å². The van der Waals surface area contributed by atoms with Crippen molar-refractivity contribution in [2.75, 3.05) is 0 Å². The molecule has 0 saturated heterocycles. The number of hydrogen-bond acceptors (Lipinski definition) is 3. The van der Waals surface area contributed by atoms with E-state index in [0.717, 1.165) is 27.7 Å². The van der Waals surface area contributed by atoms with Gasteiger partial charge in [0.1, 0.15) is 0 Å². The minimum absolute atomic E-state index is 0.135. The molecule has 0 amide bonds. The van der Waals surface area contributed by atoms with Gasteiger partial charge in [-0.3, -0.25) is 0 Å². The van der Waals surface area contributed by atoms with Gasteiger partial charge in [0.2, 0.25) is 0 Å². The van der Waals surface area contributed by atoms with Crippen molar-refractivity contribution in [3.05, 3.63) is 66.2 Å². The number of thioether (sulfide) groups is 1. The third kappa shape index (κ3) is 3.10. The van der Waals surface area contributed by atoms with Crippen LogP contribution in [0.15, 0.2) is 79.1 Å². The van der Waals surface area contributed by atoms with E-state index in [-0.39, 0.29) is 9.48 Å². The molecule has 0 N–H and O–H groups in total. The Hall–Kier alpha value is -1.63. The second-order valence-electron chi connectivity index (χ2n) is 6.24. The van der Waals surface area contributed by atoms with Crippen LogP contribution in [0.25, 0.3) is 10.8 Å². The minimum Gasteiger partial charge on any atom is -0.199 e. The van der Waals surface area contributed by atoms with Gasteiger partial charge in [0.25, 0.3) is 10.0 Å². The minimum atomic E-state index is -3.69. The highest BCUT2D eigenvalue weighted by atomic mass is 32.3. The first-order valence-electron chi connectivity index (χ1n) is 8.46. The van der Waals surface area contributed by atoms with Crippen LogP contribution < -0.4 is 0 Å². The summed E-state index contributed by atoms with van der Waals surface area (Å²) in [4.78, 5) is 2.53. The van der Waals surface area contributed by atoms with E-state index in [0.29, 0.717) is 0 Å². The van der Waals surface area contributed by atoms with Crippen LogP contribution in [-0.2, 0) is 20.7 Å². The van der Waals surface area contributed by atoms with Crippen LogP contribution in [0.5, 0.6) is 0 Å². The van der Waals surface area contributed by atoms with Gasteiger partial charge in [-0.25, -0.2) is 0 Å². The summed E-state index contributed by atoms with van der Waals surface area (Å²) in [5.41, 5.74) is 1.03. The third-order valence-corrected chi connectivity index (χ3v) is 10.3. The number of sulfonamides is 1. The number of hydrogen-bond donors (Lipinski definition) is 0. The molecule has 0 aliphatic carbocycles. The van der Waals surface area contributed by atoms with Crippen LogP contribution in [-0.4, -0.2) is 13.0 Å². The fraction of sp³-hybridized carbons (Fsp3) is 0.200. The first kappa shape index (κ1) is 17.8. The van der Waals surface area contributed by atoms with Gasteiger partial charge in [-0.05, 0) is 53.7 Å². The van der Waals surface area contributed by atoms with E-state index in [9.17, 15) is 8.42 Å². The molecule has 0 saturated carbocycles. The Labute approximate surface area is 161 Å². The van der Waals surface area contributed by atoms with E-state index in [2.05, 4.69) is 35.0 Å². The standard InChI is InChI=1S/C20H19NO2S3/c1-3-19-24-17-8-4-6-15-7-5-9-18(20(15)17)25(19)21-26(22,23)16-12-10-14(2)11-13-16/h4-13,19H,3H2,1-2H3. The molecule has 26 heavy (non-hydrogen) atoms. The highest BCUT2D eigenvalue weighted by Gasteiger charge is 2.27. The molecule has 3 aromatic rings. The van der Waals surface area contributed by atoms with Crippen LogP contribution in [0.3, 0.4) is 0 Å². The zero-order valence-corrected chi connectivity index (χ0v) is 17.0. The highest BCUT2D eigenvalue weighted by molar-refractivity contribution is 8.14. The fourth-order valence-corrected chi connectivity index (χ4v) is 9.01. The number of benzene rings is 3. The molecule has 0 radical (unpaired) electrons. The monoisotopic (exact) mass is 401 g/mol. The Morgan fingerprint density at radius 1 is 1.04 bits per heavy atom. The van der Waals surface area contributed by atoms with E-state index in [1.54, 1.807) is 23.9 Å². The molecule has 0 fully saturated rings. The molecule has 2 atom stereocenters. The Morgan fingerprint density at radius 3 is 2.42 bits per heavy atom. The molecule has 3 aromatic carbocycles. The summed E-state index contributed by atoms with van der Waals surface area (Å²) >= 11 is 1.75. The summed E-state index contributed by atoms with van der Waals surface area (Å²) < 4.78 is 30.4. The maximum absolute atomic E-state index is 12.9. The maximum Gasteiger partial charge on any atom is 0.288 e. The van der Waals surface area contributed by atoms with E-state index in [1.165, 1.54) is 4.90 Å². The van der Waals surface area contributed by atoms with Crippen LogP contribution in [0, 0.1) is 6.92 Å². The van der Waals surface area contributed by atoms with E-state index in [1.807, 2.05) is 31.2 Å². The summed E-state index contributed by atoms with van der Waals surface area (Å²) in [7, 11) is -4.40. The Kier molecular flexibility index (Phi) is 4.67. The predicted molar refractivity (Wildman–Crippen MR) is 110 cm³/mol. The first-order chi connectivity index (χ1) is 12.5. The quantitative estimate of drug-likeness (QED) is 0.579. The van der Waals surface area contributed by atoms with Crippen molar-refractivity contribution < 1.29 is 8.42 Å². The van der Waals surface area contributed by atoms with Crippen molar-refractivity contribution in [3.63, 3.8) is 0 Å². The van der Waals surface area contributed by atoms with E-state index < -0.39 is 20.7 Å². The van der Waals surface area contributed by atoms with Crippen LogP contribution in [0.1, 0.15) is 18.9 Å². The topological polar surface area (TPSA) is 46.5 Å². The number of aryl methyl sites for hydroxylation is 1. The predicted octanol–water partition coefficient (Wildman–Crippen LogP) is 5.54. The smallest absolute Gasteiger partial charge is 0.199 e. The Balaban J connectivity index is 1.93. The van der Waals surface area contributed by atoms with Crippen molar-refractivity contribution in [1.82, 2.24) is 0 Å². The zero-order chi connectivity index (χ0) is 18.3. The lowest BCUT2D eigenvalue weighted by Crippen LogP contribution is -2.16. The van der Waals surface area contributed by atoms with Gasteiger partial charge in [0.05, 0.1) is 9.48 Å². The Morgan fingerprint density at radius 2 is 1.73 bits per heavy atom. The number of nitrogens with zero attached hydrogens (tertiary/aromatic N) is 1. The van der Waals surface area contributed by atoms with Gasteiger partial charge >= 0.3 is 0 Å². The number of rotatable bonds is 3. The van der Waals surface area contributed by atoms with Crippen LogP contribution in [0.4, 0.5) is 0 Å². The molecule has 1 aliphatic heterocycles. The van der Waals surface area contributed by atoms with Gasteiger partial charge in [-0.15, -0.1) is 15.5 Å². The van der Waals surface area contributed by atoms with Gasteiger partial charge in [0, 0.05) is 15.2 Å². The summed E-state index contributed by atoms with van der Waals surface area (Å²) in [5, 5.41) is 2.29. The molecule has 134 valence electrons. The second kappa shape index (κ2) is 6.83. The van der Waals surface area contributed by atoms with Crippen LogP contribution in [0.2, 0.25) is 0 Å². The lowest BCUT2D eigenvalue weighted by atomic mass is 10.1. The average molecular weight is 402 g/mol. The molecule has 0 spiro atoms. The van der Waals surface area contributed by atoms with Crippen molar-refractivity contribution in [3.8, 4) is 0 Å². The van der Waals surface area contributed by atoms with Gasteiger partial charge < -0.3 is 0 Å². The molecule has 6 heteroatoms. The largest absolute Gasteiger partial charge is 0.288 e. The summed E-state index contributed by atoms with van der Waals surface area (Å²) in [5.74, 6) is 0. The molecule has 4 rings (SSSR count). The molecule has 2 unspecified atom stereocenters. The molecular formula is C20H19NO2S3. The van der Waals surface area contributed by atoms with E-state index in [4.69, 9.17) is 0 Å². The normalized spacial score (nSPS) is 19.8. The molecule has 1 heterocycles. The van der Waals surface area contributed by atoms with E-state index >= 15 is 0 Å². The van der Waals surface area contributed by atoms with Crippen molar-refractivity contribution in [2.24, 2.45) is 3.77 Å². The third-order valence-electron chi connectivity index (χ3n) is 4.39. The van der Waals surface area contributed by atoms with Crippen molar-refractivity contribution in [1.29, 1.82) is 0 Å². The van der Waals surface area contributed by atoms with Crippen molar-refractivity contribution in [2.45, 2.75) is 39.5 Å². The highest BCUT2D eigenvalue weighted by Crippen LogP contribution is 2.44. The summed E-state index contributed by atoms with van der Waals surface area (Å²) in [6.45, 7) is 4.04. The van der Waals surface area contributed by atoms with Gasteiger partial charge in [0.15, 0.2) is 0 Å².